The van der Waals surface area contributed by atoms with E-state index >= 15 is 0 Å². The number of hydrogen-bond donors (Lipinski definition) is 1. The van der Waals surface area contributed by atoms with Crippen LogP contribution in [0.2, 0.25) is 0 Å². The molecule has 0 saturated heterocycles. The molecule has 0 aliphatic carbocycles. The van der Waals surface area contributed by atoms with E-state index in [1.807, 2.05) is 25.1 Å². The largest absolute Gasteiger partial charge is 0.462 e. The number of nitrogens with one attached hydrogen (secondary N) is 1. The average molecular weight is 353 g/mol. The van der Waals surface area contributed by atoms with Crippen molar-refractivity contribution >= 4 is 23.3 Å². The van der Waals surface area contributed by atoms with Gasteiger partial charge in [0, 0.05) is 24.1 Å². The molecule has 0 bridgehead atoms. The minimum Gasteiger partial charge on any atom is -0.462 e. The van der Waals surface area contributed by atoms with Crippen LogP contribution >= 0.6 is 0 Å². The summed E-state index contributed by atoms with van der Waals surface area (Å²) in [5, 5.41) is 2.76. The Morgan fingerprint density at radius 1 is 0.885 bits per heavy atom. The van der Waals surface area contributed by atoms with Gasteiger partial charge in [-0.05, 0) is 37.1 Å². The molecular weight excluding hydrogens is 330 g/mol. The zero-order valence-corrected chi connectivity index (χ0v) is 14.9. The summed E-state index contributed by atoms with van der Waals surface area (Å²) in [7, 11) is 0. The van der Waals surface area contributed by atoms with Crippen molar-refractivity contribution in [3.8, 4) is 0 Å². The van der Waals surface area contributed by atoms with Crippen LogP contribution in [0.4, 0.5) is 5.69 Å². The number of ketones is 1. The molecular formula is C21H23NO4. The Morgan fingerprint density at radius 3 is 2.23 bits per heavy atom. The van der Waals surface area contributed by atoms with Crippen LogP contribution < -0.4 is 5.32 Å². The smallest absolute Gasteiger partial charge is 0.338 e. The lowest BCUT2D eigenvalue weighted by Gasteiger charge is -2.07. The van der Waals surface area contributed by atoms with E-state index in [9.17, 15) is 14.4 Å². The molecule has 0 aliphatic rings. The van der Waals surface area contributed by atoms with E-state index in [2.05, 4.69) is 5.32 Å². The Balaban J connectivity index is 1.75. The Hall–Kier alpha value is -2.95. The van der Waals surface area contributed by atoms with Crippen LogP contribution in [0.15, 0.2) is 54.6 Å². The van der Waals surface area contributed by atoms with Gasteiger partial charge in [-0.15, -0.1) is 0 Å². The number of esters is 1. The highest BCUT2D eigenvalue weighted by Crippen LogP contribution is 2.12. The number of carbonyl (C=O) groups is 3. The summed E-state index contributed by atoms with van der Waals surface area (Å²) >= 11 is 0. The normalized spacial score (nSPS) is 10.2. The third kappa shape index (κ3) is 6.16. The van der Waals surface area contributed by atoms with Gasteiger partial charge in [-0.2, -0.15) is 0 Å². The number of anilines is 1. The van der Waals surface area contributed by atoms with Gasteiger partial charge in [0.15, 0.2) is 5.78 Å². The van der Waals surface area contributed by atoms with Crippen LogP contribution in [0.1, 0.15) is 53.3 Å². The summed E-state index contributed by atoms with van der Waals surface area (Å²) in [5.74, 6) is -0.496. The Kier molecular flexibility index (Phi) is 7.55. The highest BCUT2D eigenvalue weighted by molar-refractivity contribution is 5.97. The molecule has 2 aromatic carbocycles. The van der Waals surface area contributed by atoms with Crippen LogP contribution in [0.25, 0.3) is 0 Å². The van der Waals surface area contributed by atoms with Crippen molar-refractivity contribution in [3.05, 3.63) is 65.7 Å². The molecule has 0 aromatic heterocycles. The average Bonchev–Trinajstić information content (AvgIpc) is 2.67. The molecule has 0 heterocycles. The number of benzene rings is 2. The standard InChI is InChI=1S/C21H23NO4/c1-2-15-26-21(25)17-11-13-18(14-12-17)22-20(24)10-6-9-19(23)16-7-4-3-5-8-16/h3-5,7-8,11-14H,2,6,9-10,15H2,1H3,(H,22,24). The summed E-state index contributed by atoms with van der Waals surface area (Å²) in [4.78, 5) is 35.7. The quantitative estimate of drug-likeness (QED) is 0.540. The van der Waals surface area contributed by atoms with Gasteiger partial charge >= 0.3 is 5.97 Å². The first kappa shape index (κ1) is 19.4. The predicted molar refractivity (Wildman–Crippen MR) is 100 cm³/mol. The number of Topliss-reactive ketones (excluding diaryl/α,β-unsaturated/α-hetero) is 1. The van der Waals surface area contributed by atoms with Gasteiger partial charge in [0.2, 0.25) is 5.91 Å². The molecule has 0 radical (unpaired) electrons. The second kappa shape index (κ2) is 10.1. The number of rotatable bonds is 9. The van der Waals surface area contributed by atoms with Gasteiger partial charge in [0.05, 0.1) is 12.2 Å². The maximum absolute atomic E-state index is 12.0. The molecule has 5 nitrogen and oxygen atoms in total. The third-order valence-corrected chi connectivity index (χ3v) is 3.75. The molecule has 0 unspecified atom stereocenters. The highest BCUT2D eigenvalue weighted by Gasteiger charge is 2.09. The lowest BCUT2D eigenvalue weighted by atomic mass is 10.1. The van der Waals surface area contributed by atoms with Crippen molar-refractivity contribution in [1.29, 1.82) is 0 Å². The highest BCUT2D eigenvalue weighted by atomic mass is 16.5. The van der Waals surface area contributed by atoms with Crippen molar-refractivity contribution in [3.63, 3.8) is 0 Å². The lowest BCUT2D eigenvalue weighted by Crippen LogP contribution is -2.12. The summed E-state index contributed by atoms with van der Waals surface area (Å²) in [5.41, 5.74) is 1.72. The fourth-order valence-electron chi connectivity index (χ4n) is 2.37. The topological polar surface area (TPSA) is 72.5 Å². The van der Waals surface area contributed by atoms with Crippen LogP contribution in [0.3, 0.4) is 0 Å². The molecule has 2 rings (SSSR count). The van der Waals surface area contributed by atoms with Crippen molar-refractivity contribution in [2.75, 3.05) is 11.9 Å². The van der Waals surface area contributed by atoms with E-state index in [0.29, 0.717) is 36.3 Å². The third-order valence-electron chi connectivity index (χ3n) is 3.75. The van der Waals surface area contributed by atoms with E-state index in [-0.39, 0.29) is 24.1 Å². The number of ether oxygens (including phenoxy) is 1. The van der Waals surface area contributed by atoms with Crippen molar-refractivity contribution < 1.29 is 19.1 Å². The molecule has 0 saturated carbocycles. The van der Waals surface area contributed by atoms with Crippen molar-refractivity contribution in [2.24, 2.45) is 0 Å². The molecule has 5 heteroatoms. The minimum atomic E-state index is -0.371. The van der Waals surface area contributed by atoms with Crippen molar-refractivity contribution in [2.45, 2.75) is 32.6 Å². The molecule has 1 N–H and O–H groups in total. The first-order valence-corrected chi connectivity index (χ1v) is 8.75. The van der Waals surface area contributed by atoms with Gasteiger partial charge in [0.1, 0.15) is 0 Å². The SMILES string of the molecule is CCCOC(=O)c1ccc(NC(=O)CCCC(=O)c2ccccc2)cc1. The summed E-state index contributed by atoms with van der Waals surface area (Å²) in [6.07, 6.45) is 1.85. The minimum absolute atomic E-state index is 0.0355. The fraction of sp³-hybridized carbons (Fsp3) is 0.286. The van der Waals surface area contributed by atoms with Crippen LogP contribution in [-0.4, -0.2) is 24.3 Å². The maximum Gasteiger partial charge on any atom is 0.338 e. The second-order valence-electron chi connectivity index (χ2n) is 5.90. The lowest BCUT2D eigenvalue weighted by molar-refractivity contribution is -0.116. The van der Waals surface area contributed by atoms with Gasteiger partial charge in [0.25, 0.3) is 0 Å². The van der Waals surface area contributed by atoms with E-state index in [1.165, 1.54) is 0 Å². The molecule has 136 valence electrons. The van der Waals surface area contributed by atoms with Gasteiger partial charge in [-0.1, -0.05) is 37.3 Å². The van der Waals surface area contributed by atoms with Gasteiger partial charge in [-0.25, -0.2) is 4.79 Å². The Morgan fingerprint density at radius 2 is 1.58 bits per heavy atom. The van der Waals surface area contributed by atoms with Crippen LogP contribution in [-0.2, 0) is 9.53 Å². The summed E-state index contributed by atoms with van der Waals surface area (Å²) in [6.45, 7) is 2.32. The van der Waals surface area contributed by atoms with E-state index < -0.39 is 0 Å². The monoisotopic (exact) mass is 353 g/mol. The zero-order valence-electron chi connectivity index (χ0n) is 14.9. The van der Waals surface area contributed by atoms with E-state index in [1.54, 1.807) is 36.4 Å². The summed E-state index contributed by atoms with van der Waals surface area (Å²) in [6, 6.07) is 15.6. The number of carbonyl (C=O) groups excluding carboxylic acids is 3. The van der Waals surface area contributed by atoms with Gasteiger partial charge in [-0.3, -0.25) is 9.59 Å². The van der Waals surface area contributed by atoms with Crippen LogP contribution in [0.5, 0.6) is 0 Å². The molecule has 0 spiro atoms. The maximum atomic E-state index is 12.0. The molecule has 26 heavy (non-hydrogen) atoms. The Labute approximate surface area is 153 Å². The number of hydrogen-bond acceptors (Lipinski definition) is 4. The molecule has 2 aromatic rings. The number of amides is 1. The predicted octanol–water partition coefficient (Wildman–Crippen LogP) is 4.25. The summed E-state index contributed by atoms with van der Waals surface area (Å²) < 4.78 is 5.05. The second-order valence-corrected chi connectivity index (χ2v) is 5.90. The first-order valence-electron chi connectivity index (χ1n) is 8.75. The van der Waals surface area contributed by atoms with Gasteiger partial charge < -0.3 is 10.1 Å². The van der Waals surface area contributed by atoms with E-state index in [4.69, 9.17) is 4.74 Å². The van der Waals surface area contributed by atoms with Crippen molar-refractivity contribution in [1.82, 2.24) is 0 Å². The molecule has 0 aliphatic heterocycles. The zero-order chi connectivity index (χ0) is 18.8. The fourth-order valence-corrected chi connectivity index (χ4v) is 2.37. The molecule has 0 atom stereocenters. The molecule has 1 amide bonds. The van der Waals surface area contributed by atoms with E-state index in [0.717, 1.165) is 6.42 Å². The first-order chi connectivity index (χ1) is 12.6. The van der Waals surface area contributed by atoms with Crippen LogP contribution in [0, 0.1) is 0 Å². The molecule has 0 fully saturated rings. The Bertz CT molecular complexity index is 738.